The van der Waals surface area contributed by atoms with Crippen LogP contribution in [0.4, 0.5) is 0 Å². The average Bonchev–Trinajstić information content (AvgIpc) is 2.54. The molecule has 1 aromatic carbocycles. The largest absolute Gasteiger partial charge is 0.492 e. The molecule has 0 amide bonds. The highest BCUT2D eigenvalue weighted by atomic mass is 79.9. The van der Waals surface area contributed by atoms with Crippen molar-refractivity contribution in [3.63, 3.8) is 0 Å². The lowest BCUT2D eigenvalue weighted by Gasteiger charge is -1.95. The fourth-order valence-corrected chi connectivity index (χ4v) is 1.72. The summed E-state index contributed by atoms with van der Waals surface area (Å²) in [5.74, 6) is 0.705. The van der Waals surface area contributed by atoms with Crippen LogP contribution in [0, 0.1) is 0 Å². The van der Waals surface area contributed by atoms with Gasteiger partial charge < -0.3 is 9.15 Å². The molecule has 0 spiro atoms. The van der Waals surface area contributed by atoms with Crippen LogP contribution in [-0.4, -0.2) is 13.4 Å². The van der Waals surface area contributed by atoms with E-state index in [4.69, 9.17) is 9.15 Å². The number of hydrogen-bond acceptors (Lipinski definition) is 3. The smallest absolute Gasteiger partial charge is 0.209 e. The van der Waals surface area contributed by atoms with Gasteiger partial charge >= 0.3 is 0 Å². The van der Waals surface area contributed by atoms with Crippen molar-refractivity contribution in [1.82, 2.24) is 0 Å². The lowest BCUT2D eigenvalue weighted by atomic mass is 10.2. The maximum absolute atomic E-state index is 10.7. The average molecular weight is 255 g/mol. The molecule has 4 heteroatoms. The second-order valence-electron chi connectivity index (χ2n) is 2.76. The number of aldehydes is 1. The number of carbonyl (C=O) groups is 1. The van der Waals surface area contributed by atoms with Gasteiger partial charge in [0.2, 0.25) is 5.76 Å². The van der Waals surface area contributed by atoms with Gasteiger partial charge in [-0.05, 0) is 18.2 Å². The van der Waals surface area contributed by atoms with Crippen LogP contribution < -0.4 is 4.74 Å². The molecule has 3 nitrogen and oxygen atoms in total. The Bertz CT molecular complexity index is 487. The van der Waals surface area contributed by atoms with Gasteiger partial charge in [-0.3, -0.25) is 4.79 Å². The molecule has 0 aliphatic rings. The number of fused-ring (bicyclic) bond motifs is 1. The summed E-state index contributed by atoms with van der Waals surface area (Å²) >= 11 is 3.34. The zero-order chi connectivity index (χ0) is 10.1. The molecule has 72 valence electrons. The van der Waals surface area contributed by atoms with Crippen molar-refractivity contribution in [3.8, 4) is 5.75 Å². The van der Waals surface area contributed by atoms with Gasteiger partial charge in [-0.1, -0.05) is 15.9 Å². The predicted octanol–water partition coefficient (Wildman–Crippen LogP) is 3.02. The SMILES string of the molecule is COc1c(C=O)oc2ccc(Br)cc12. The highest BCUT2D eigenvalue weighted by Gasteiger charge is 2.13. The van der Waals surface area contributed by atoms with Crippen LogP contribution in [0.25, 0.3) is 11.0 Å². The minimum Gasteiger partial charge on any atom is -0.492 e. The molecule has 0 saturated carbocycles. The summed E-state index contributed by atoms with van der Waals surface area (Å²) in [6, 6.07) is 5.49. The first kappa shape index (κ1) is 9.27. The van der Waals surface area contributed by atoms with Gasteiger partial charge in [0.25, 0.3) is 0 Å². The molecule has 2 aromatic rings. The fourth-order valence-electron chi connectivity index (χ4n) is 1.35. The van der Waals surface area contributed by atoms with Gasteiger partial charge in [0.15, 0.2) is 12.0 Å². The number of methoxy groups -OCH3 is 1. The quantitative estimate of drug-likeness (QED) is 0.774. The monoisotopic (exact) mass is 254 g/mol. The van der Waals surface area contributed by atoms with Gasteiger partial charge in [-0.25, -0.2) is 0 Å². The number of benzene rings is 1. The predicted molar refractivity (Wildman–Crippen MR) is 55.9 cm³/mol. The summed E-state index contributed by atoms with van der Waals surface area (Å²) in [5.41, 5.74) is 0.646. The zero-order valence-electron chi connectivity index (χ0n) is 7.41. The molecular formula is C10H7BrO3. The van der Waals surface area contributed by atoms with Crippen LogP contribution in [-0.2, 0) is 0 Å². The number of carbonyl (C=O) groups excluding carboxylic acids is 1. The van der Waals surface area contributed by atoms with E-state index >= 15 is 0 Å². The topological polar surface area (TPSA) is 39.4 Å². The fraction of sp³-hybridized carbons (Fsp3) is 0.100. The Kier molecular flexibility index (Phi) is 2.29. The second-order valence-corrected chi connectivity index (χ2v) is 3.67. The number of hydrogen-bond donors (Lipinski definition) is 0. The molecule has 0 aliphatic heterocycles. The van der Waals surface area contributed by atoms with Crippen molar-refractivity contribution in [3.05, 3.63) is 28.4 Å². The molecule has 1 aromatic heterocycles. The van der Waals surface area contributed by atoms with Crippen molar-refractivity contribution in [2.45, 2.75) is 0 Å². The normalized spacial score (nSPS) is 10.4. The third-order valence-corrected chi connectivity index (χ3v) is 2.43. The van der Waals surface area contributed by atoms with E-state index in [1.165, 1.54) is 7.11 Å². The highest BCUT2D eigenvalue weighted by Crippen LogP contribution is 2.33. The number of rotatable bonds is 2. The van der Waals surface area contributed by atoms with E-state index in [1.54, 1.807) is 6.07 Å². The van der Waals surface area contributed by atoms with Crippen molar-refractivity contribution < 1.29 is 13.9 Å². The Hall–Kier alpha value is -1.29. The molecule has 0 bridgehead atoms. The van der Waals surface area contributed by atoms with Crippen molar-refractivity contribution in [2.24, 2.45) is 0 Å². The van der Waals surface area contributed by atoms with Gasteiger partial charge in [-0.2, -0.15) is 0 Å². The van der Waals surface area contributed by atoms with E-state index in [0.717, 1.165) is 9.86 Å². The highest BCUT2D eigenvalue weighted by molar-refractivity contribution is 9.10. The van der Waals surface area contributed by atoms with Crippen LogP contribution in [0.15, 0.2) is 27.1 Å². The van der Waals surface area contributed by atoms with Crippen LogP contribution in [0.3, 0.4) is 0 Å². The van der Waals surface area contributed by atoms with Crippen LogP contribution >= 0.6 is 15.9 Å². The summed E-state index contributed by atoms with van der Waals surface area (Å²) in [7, 11) is 1.51. The Morgan fingerprint density at radius 2 is 2.29 bits per heavy atom. The first-order chi connectivity index (χ1) is 6.76. The summed E-state index contributed by atoms with van der Waals surface area (Å²) in [5, 5.41) is 0.795. The third-order valence-electron chi connectivity index (χ3n) is 1.94. The summed E-state index contributed by atoms with van der Waals surface area (Å²) in [4.78, 5) is 10.7. The zero-order valence-corrected chi connectivity index (χ0v) is 9.00. The molecule has 2 rings (SSSR count). The van der Waals surface area contributed by atoms with E-state index in [2.05, 4.69) is 15.9 Å². The molecule has 0 radical (unpaired) electrons. The Balaban J connectivity index is 2.81. The van der Waals surface area contributed by atoms with Gasteiger partial charge in [0.1, 0.15) is 5.58 Å². The first-order valence-electron chi connectivity index (χ1n) is 3.97. The third kappa shape index (κ3) is 1.32. The van der Waals surface area contributed by atoms with Crippen molar-refractivity contribution in [2.75, 3.05) is 7.11 Å². The molecule has 0 aliphatic carbocycles. The lowest BCUT2D eigenvalue weighted by molar-refractivity contribution is 0.109. The van der Waals surface area contributed by atoms with Gasteiger partial charge in [0.05, 0.1) is 12.5 Å². The summed E-state index contributed by atoms with van der Waals surface area (Å²) in [6.07, 6.45) is 0.646. The molecule has 0 unspecified atom stereocenters. The summed E-state index contributed by atoms with van der Waals surface area (Å²) in [6.45, 7) is 0. The Morgan fingerprint density at radius 3 is 2.93 bits per heavy atom. The second kappa shape index (κ2) is 3.46. The molecule has 14 heavy (non-hydrogen) atoms. The Labute approximate surface area is 88.8 Å². The molecule has 0 N–H and O–H groups in total. The van der Waals surface area contributed by atoms with E-state index in [0.29, 0.717) is 17.6 Å². The minimum absolute atomic E-state index is 0.223. The summed E-state index contributed by atoms with van der Waals surface area (Å²) < 4.78 is 11.3. The maximum atomic E-state index is 10.7. The Morgan fingerprint density at radius 1 is 1.50 bits per heavy atom. The lowest BCUT2D eigenvalue weighted by Crippen LogP contribution is -1.84. The van der Waals surface area contributed by atoms with Crippen molar-refractivity contribution >= 4 is 33.2 Å². The van der Waals surface area contributed by atoms with Crippen molar-refractivity contribution in [1.29, 1.82) is 0 Å². The number of ether oxygens (including phenoxy) is 1. The minimum atomic E-state index is 0.223. The molecule has 1 heterocycles. The van der Waals surface area contributed by atoms with Gasteiger partial charge in [0, 0.05) is 4.47 Å². The standard InChI is InChI=1S/C10H7BrO3/c1-13-10-7-4-6(11)2-3-8(7)14-9(10)5-12/h2-5H,1H3. The maximum Gasteiger partial charge on any atom is 0.209 e. The van der Waals surface area contributed by atoms with Gasteiger partial charge in [-0.15, -0.1) is 0 Å². The van der Waals surface area contributed by atoms with E-state index in [1.807, 2.05) is 12.1 Å². The molecule has 0 fully saturated rings. The van der Waals surface area contributed by atoms with Crippen LogP contribution in [0.1, 0.15) is 10.6 Å². The van der Waals surface area contributed by atoms with E-state index < -0.39 is 0 Å². The first-order valence-corrected chi connectivity index (χ1v) is 4.77. The molecule has 0 atom stereocenters. The van der Waals surface area contributed by atoms with Crippen LogP contribution in [0.5, 0.6) is 5.75 Å². The molecule has 0 saturated heterocycles. The van der Waals surface area contributed by atoms with Crippen LogP contribution in [0.2, 0.25) is 0 Å². The van der Waals surface area contributed by atoms with E-state index in [-0.39, 0.29) is 5.76 Å². The molecular weight excluding hydrogens is 248 g/mol. The number of halogens is 1. The number of furan rings is 1. The van der Waals surface area contributed by atoms with E-state index in [9.17, 15) is 4.79 Å².